The largest absolute Gasteiger partial charge is 0.338 e. The third kappa shape index (κ3) is 3.33. The molecule has 0 N–H and O–H groups in total. The molecule has 1 aliphatic rings. The molecule has 1 aromatic carbocycles. The molecule has 1 fully saturated rings. The maximum Gasteiger partial charge on any atom is 0.240 e. The van der Waals surface area contributed by atoms with E-state index in [1.165, 1.54) is 28.6 Å². The molecule has 0 amide bonds. The van der Waals surface area contributed by atoms with Crippen LogP contribution in [0.25, 0.3) is 11.6 Å². The van der Waals surface area contributed by atoms with Crippen LogP contribution in [0, 0.1) is 5.82 Å². The van der Waals surface area contributed by atoms with Crippen LogP contribution in [0.3, 0.4) is 0 Å². The van der Waals surface area contributed by atoms with Gasteiger partial charge < -0.3 is 4.52 Å². The van der Waals surface area contributed by atoms with Gasteiger partial charge in [-0.05, 0) is 23.8 Å². The number of nitrogens with zero attached hydrogens (tertiary/aromatic N) is 5. The molecular formula is C16H14FN5O3S. The smallest absolute Gasteiger partial charge is 0.240 e. The second kappa shape index (κ2) is 6.54. The fraction of sp³-hybridized carbons (Fsp3) is 0.250. The Labute approximate surface area is 148 Å². The van der Waals surface area contributed by atoms with Gasteiger partial charge >= 0.3 is 0 Å². The first-order valence-corrected chi connectivity index (χ1v) is 9.45. The molecular weight excluding hydrogens is 361 g/mol. The average Bonchev–Trinajstić information content (AvgIpc) is 3.05. The van der Waals surface area contributed by atoms with Crippen LogP contribution in [-0.2, 0) is 15.8 Å². The molecule has 1 saturated heterocycles. The zero-order chi connectivity index (χ0) is 18.1. The Balaban J connectivity index is 1.40. The second-order valence-corrected chi connectivity index (χ2v) is 7.89. The van der Waals surface area contributed by atoms with Gasteiger partial charge in [0, 0.05) is 25.5 Å². The van der Waals surface area contributed by atoms with E-state index in [1.807, 2.05) is 0 Å². The lowest BCUT2D eigenvalue weighted by Gasteiger charge is -2.35. The van der Waals surface area contributed by atoms with Gasteiger partial charge in [0.15, 0.2) is 0 Å². The van der Waals surface area contributed by atoms with Crippen LogP contribution < -0.4 is 0 Å². The van der Waals surface area contributed by atoms with Crippen LogP contribution in [0.5, 0.6) is 0 Å². The van der Waals surface area contributed by atoms with Gasteiger partial charge in [0.1, 0.15) is 5.82 Å². The summed E-state index contributed by atoms with van der Waals surface area (Å²) in [7, 11) is -3.48. The number of aromatic nitrogens is 4. The number of sulfonamides is 1. The highest BCUT2D eigenvalue weighted by Crippen LogP contribution is 2.30. The normalized spacial score (nSPS) is 15.7. The number of hydrogen-bond acceptors (Lipinski definition) is 7. The Morgan fingerprint density at radius 2 is 1.81 bits per heavy atom. The quantitative estimate of drug-likeness (QED) is 0.667. The molecule has 0 radical (unpaired) electrons. The van der Waals surface area contributed by atoms with Gasteiger partial charge in [-0.1, -0.05) is 17.3 Å². The van der Waals surface area contributed by atoms with Crippen molar-refractivity contribution in [2.75, 3.05) is 13.1 Å². The summed E-state index contributed by atoms with van der Waals surface area (Å²) in [5, 5.41) is 3.84. The summed E-state index contributed by atoms with van der Waals surface area (Å²) in [6.45, 7) is 0.529. The van der Waals surface area contributed by atoms with Crippen molar-refractivity contribution in [2.24, 2.45) is 0 Å². The van der Waals surface area contributed by atoms with E-state index < -0.39 is 15.8 Å². The molecule has 3 heterocycles. The minimum atomic E-state index is -3.48. The van der Waals surface area contributed by atoms with Crippen LogP contribution in [0.2, 0.25) is 0 Å². The van der Waals surface area contributed by atoms with Crippen LogP contribution in [0.1, 0.15) is 17.4 Å². The first kappa shape index (κ1) is 16.7. The molecule has 0 atom stereocenters. The zero-order valence-corrected chi connectivity index (χ0v) is 14.3. The van der Waals surface area contributed by atoms with Crippen molar-refractivity contribution in [3.05, 3.63) is 60.0 Å². The summed E-state index contributed by atoms with van der Waals surface area (Å²) in [6.07, 6.45) is 3.15. The summed E-state index contributed by atoms with van der Waals surface area (Å²) < 4.78 is 44.3. The van der Waals surface area contributed by atoms with Gasteiger partial charge in [-0.3, -0.25) is 0 Å². The van der Waals surface area contributed by atoms with E-state index in [0.29, 0.717) is 17.3 Å². The van der Waals surface area contributed by atoms with Gasteiger partial charge in [0.05, 0.1) is 11.7 Å². The van der Waals surface area contributed by atoms with E-state index >= 15 is 0 Å². The van der Waals surface area contributed by atoms with E-state index in [2.05, 4.69) is 20.1 Å². The fourth-order valence-electron chi connectivity index (χ4n) is 2.61. The van der Waals surface area contributed by atoms with Gasteiger partial charge in [0.25, 0.3) is 0 Å². The number of rotatable bonds is 5. The first-order valence-electron chi connectivity index (χ1n) is 7.84. The van der Waals surface area contributed by atoms with Gasteiger partial charge in [-0.2, -0.15) is 9.29 Å². The maximum atomic E-state index is 12.9. The van der Waals surface area contributed by atoms with Crippen LogP contribution in [0.4, 0.5) is 4.39 Å². The molecule has 0 spiro atoms. The number of hydrogen-bond donors (Lipinski definition) is 0. The van der Waals surface area contributed by atoms with E-state index in [9.17, 15) is 12.8 Å². The molecule has 1 aliphatic heterocycles. The Bertz CT molecular complexity index is 1000. The Morgan fingerprint density at radius 1 is 1.12 bits per heavy atom. The summed E-state index contributed by atoms with van der Waals surface area (Å²) >= 11 is 0. The first-order chi connectivity index (χ1) is 12.5. The SMILES string of the molecule is O=S(=O)(Cc1ccc(F)cc1)N1CC(c2nc(-c3ncccn3)no2)C1. The number of halogens is 1. The molecule has 134 valence electrons. The van der Waals surface area contributed by atoms with Crippen LogP contribution in [0.15, 0.2) is 47.2 Å². The number of benzene rings is 1. The Morgan fingerprint density at radius 3 is 2.50 bits per heavy atom. The molecule has 10 heteroatoms. The summed E-state index contributed by atoms with van der Waals surface area (Å²) in [6, 6.07) is 7.10. The van der Waals surface area contributed by atoms with Gasteiger partial charge in [-0.15, -0.1) is 0 Å². The summed E-state index contributed by atoms with van der Waals surface area (Å²) in [5.41, 5.74) is 0.538. The van der Waals surface area contributed by atoms with Crippen molar-refractivity contribution in [3.63, 3.8) is 0 Å². The highest BCUT2D eigenvalue weighted by Gasteiger charge is 2.39. The van der Waals surface area contributed by atoms with Crippen molar-refractivity contribution in [1.82, 2.24) is 24.4 Å². The molecule has 0 unspecified atom stereocenters. The summed E-state index contributed by atoms with van der Waals surface area (Å²) in [5.74, 6) is 0.247. The van der Waals surface area contributed by atoms with Crippen molar-refractivity contribution in [3.8, 4) is 11.6 Å². The third-order valence-corrected chi connectivity index (χ3v) is 5.84. The highest BCUT2D eigenvalue weighted by molar-refractivity contribution is 7.88. The lowest BCUT2D eigenvalue weighted by Crippen LogP contribution is -2.48. The van der Waals surface area contributed by atoms with Crippen LogP contribution >= 0.6 is 0 Å². The van der Waals surface area contributed by atoms with E-state index in [0.717, 1.165) is 0 Å². The molecule has 2 aromatic heterocycles. The second-order valence-electron chi connectivity index (χ2n) is 5.93. The lowest BCUT2D eigenvalue weighted by atomic mass is 10.0. The third-order valence-electron chi connectivity index (χ3n) is 4.06. The topological polar surface area (TPSA) is 102 Å². The van der Waals surface area contributed by atoms with E-state index in [1.54, 1.807) is 18.5 Å². The predicted molar refractivity (Wildman–Crippen MR) is 88.7 cm³/mol. The van der Waals surface area contributed by atoms with Crippen molar-refractivity contribution in [1.29, 1.82) is 0 Å². The molecule has 0 aliphatic carbocycles. The minimum absolute atomic E-state index is 0.164. The average molecular weight is 375 g/mol. The zero-order valence-electron chi connectivity index (χ0n) is 13.5. The van der Waals surface area contributed by atoms with Crippen molar-refractivity contribution >= 4 is 10.0 Å². The standard InChI is InChI=1S/C16H14FN5O3S/c17-13-4-2-11(3-5-13)10-26(23,24)22-8-12(9-22)16-20-15(21-25-16)14-18-6-1-7-19-14/h1-7,12H,8-10H2. The Kier molecular flexibility index (Phi) is 4.21. The van der Waals surface area contributed by atoms with Crippen molar-refractivity contribution in [2.45, 2.75) is 11.7 Å². The van der Waals surface area contributed by atoms with Gasteiger partial charge in [-0.25, -0.2) is 22.8 Å². The fourth-order valence-corrected chi connectivity index (χ4v) is 4.22. The van der Waals surface area contributed by atoms with E-state index in [-0.39, 0.29) is 30.6 Å². The molecule has 26 heavy (non-hydrogen) atoms. The van der Waals surface area contributed by atoms with Crippen molar-refractivity contribution < 1.29 is 17.3 Å². The Hall–Kier alpha value is -2.72. The molecule has 0 bridgehead atoms. The monoisotopic (exact) mass is 375 g/mol. The molecule has 8 nitrogen and oxygen atoms in total. The van der Waals surface area contributed by atoms with Gasteiger partial charge in [0.2, 0.25) is 27.6 Å². The maximum absolute atomic E-state index is 12.9. The highest BCUT2D eigenvalue weighted by atomic mass is 32.2. The molecule has 4 rings (SSSR count). The lowest BCUT2D eigenvalue weighted by molar-refractivity contribution is 0.216. The molecule has 3 aromatic rings. The summed E-state index contributed by atoms with van der Waals surface area (Å²) in [4.78, 5) is 12.3. The molecule has 0 saturated carbocycles. The van der Waals surface area contributed by atoms with E-state index in [4.69, 9.17) is 4.52 Å². The van der Waals surface area contributed by atoms with Crippen LogP contribution in [-0.4, -0.2) is 45.9 Å². The predicted octanol–water partition coefficient (Wildman–Crippen LogP) is 1.59. The minimum Gasteiger partial charge on any atom is -0.338 e.